The van der Waals surface area contributed by atoms with Gasteiger partial charge >= 0.3 is 0 Å². The topological polar surface area (TPSA) is 75.3 Å². The molecule has 2 aliphatic rings. The summed E-state index contributed by atoms with van der Waals surface area (Å²) in [7, 11) is 0. The largest absolute Gasteiger partial charge is 0.456 e. The van der Waals surface area contributed by atoms with Crippen molar-refractivity contribution in [3.8, 4) is 100 Å². The molecular formula is C127H77N3O4. The van der Waals surface area contributed by atoms with E-state index >= 15 is 0 Å². The number of furan rings is 4. The van der Waals surface area contributed by atoms with Gasteiger partial charge in [0, 0.05) is 92.5 Å². The summed E-state index contributed by atoms with van der Waals surface area (Å²) in [6, 6.07) is 169. The Labute approximate surface area is 769 Å². The minimum absolute atomic E-state index is 0.523. The van der Waals surface area contributed by atoms with E-state index in [0.29, 0.717) is 0 Å². The van der Waals surface area contributed by atoms with Crippen LogP contribution in [0.3, 0.4) is 0 Å². The number of aromatic nitrogens is 3. The van der Waals surface area contributed by atoms with Gasteiger partial charge in [-0.15, -0.1) is 0 Å². The van der Waals surface area contributed by atoms with Crippen LogP contribution in [0.1, 0.15) is 33.4 Å². The van der Waals surface area contributed by atoms with Crippen LogP contribution in [-0.2, 0) is 11.1 Å². The Morgan fingerprint density at radius 3 is 1.04 bits per heavy atom. The predicted molar refractivity (Wildman–Crippen MR) is 551 cm³/mol. The average molecular weight is 1710 g/mol. The van der Waals surface area contributed by atoms with Crippen molar-refractivity contribution in [1.29, 1.82) is 0 Å². The van der Waals surface area contributed by atoms with Crippen LogP contribution in [-0.4, -0.2) is 14.1 Å². The molecule has 0 fully saturated rings. The summed E-state index contributed by atoms with van der Waals surface area (Å²) < 4.78 is 31.1. The molecule has 7 heterocycles. The highest BCUT2D eigenvalue weighted by Crippen LogP contribution is 2.60. The third-order valence-electron chi connectivity index (χ3n) is 28.7. The normalized spacial score (nSPS) is 13.8. The van der Waals surface area contributed by atoms with Crippen molar-refractivity contribution >= 4 is 131 Å². The smallest absolute Gasteiger partial charge is 0.176 e. The molecule has 20 aromatic carbocycles. The summed E-state index contributed by atoms with van der Waals surface area (Å²) in [6.07, 6.45) is 0. The van der Waals surface area contributed by atoms with Gasteiger partial charge in [-0.25, -0.2) is 4.98 Å². The Kier molecular flexibility index (Phi) is 16.6. The molecule has 27 aromatic rings. The summed E-state index contributed by atoms with van der Waals surface area (Å²) in [5.74, 6) is 0. The number of para-hydroxylation sites is 6. The van der Waals surface area contributed by atoms with E-state index in [0.717, 1.165) is 171 Å². The maximum atomic E-state index is 6.71. The Balaban J connectivity index is 0.000000140. The van der Waals surface area contributed by atoms with Crippen molar-refractivity contribution < 1.29 is 17.7 Å². The van der Waals surface area contributed by atoms with Gasteiger partial charge in [-0.05, 0) is 240 Å². The van der Waals surface area contributed by atoms with E-state index in [1.807, 2.05) is 18.2 Å². The lowest BCUT2D eigenvalue weighted by atomic mass is 9.67. The Bertz CT molecular complexity index is 9320. The van der Waals surface area contributed by atoms with E-state index in [2.05, 4.69) is 458 Å². The molecule has 0 saturated carbocycles. The minimum atomic E-state index is -0.913. The first-order valence-corrected chi connectivity index (χ1v) is 45.9. The molecule has 624 valence electrons. The molecule has 0 saturated heterocycles. The molecule has 7 aromatic heterocycles. The molecule has 1 atom stereocenters. The van der Waals surface area contributed by atoms with Crippen LogP contribution < -0.4 is 0 Å². The molecule has 2 aliphatic carbocycles. The van der Waals surface area contributed by atoms with Gasteiger partial charge in [0.25, 0.3) is 0 Å². The lowest BCUT2D eigenvalue weighted by molar-refractivity contribution is 0.415. The molecule has 7 nitrogen and oxygen atoms in total. The van der Waals surface area contributed by atoms with Crippen LogP contribution in [0.2, 0.25) is 0 Å². The van der Waals surface area contributed by atoms with Gasteiger partial charge in [-0.1, -0.05) is 322 Å². The first-order valence-electron chi connectivity index (χ1n) is 45.9. The monoisotopic (exact) mass is 1710 g/mol. The number of hydrogen-bond donors (Lipinski definition) is 0. The lowest BCUT2D eigenvalue weighted by Gasteiger charge is -2.39. The van der Waals surface area contributed by atoms with Crippen LogP contribution in [0.5, 0.6) is 0 Å². The molecule has 0 aliphatic heterocycles. The number of benzene rings is 20. The first-order chi connectivity index (χ1) is 66.4. The van der Waals surface area contributed by atoms with Crippen molar-refractivity contribution in [1.82, 2.24) is 14.1 Å². The van der Waals surface area contributed by atoms with E-state index in [-0.39, 0.29) is 0 Å². The Hall–Kier alpha value is -17.7. The standard InChI is InChI=1S/C72H43N3O2.C55H34O2/c1-2-15-44(16-3-1)45-31-36-70-58(40-45)59-41-47(32-37-71(59)77-70)46-29-34-60-55(39-46)56-42-48(62-22-14-23-63(73-62)49-33-38-69-57(43-49)54-21-8-13-28-68(54)76-69)30-35-61(56)72(60,74-64-24-9-4-17-50(64)51-18-5-10-25-65(51)74)75-66-26-11-6-19-52(66)53-20-7-12-27-67(53)75;1-4-14-35(15-5-1)39-32-44(36-16-6-2-7-17-36)54-48(33-39)46-31-38(25-28-53(46)57-54)37-24-27-50-45(30-37)42-20-10-12-22-49(42)55(50,40-18-8-3-9-19-40)41-26-29-52-47(34-41)43-21-11-13-23-51(43)56-52/h1-43H;1-34H. The number of hydrogen-bond acceptors (Lipinski definition) is 5. The highest BCUT2D eigenvalue weighted by molar-refractivity contribution is 6.16. The molecule has 0 radical (unpaired) electrons. The zero-order valence-electron chi connectivity index (χ0n) is 72.4. The molecule has 1 unspecified atom stereocenters. The minimum Gasteiger partial charge on any atom is -0.456 e. The van der Waals surface area contributed by atoms with Gasteiger partial charge in [0.05, 0.1) is 38.9 Å². The van der Waals surface area contributed by atoms with Gasteiger partial charge in [-0.2, -0.15) is 0 Å². The third kappa shape index (κ3) is 11.3. The molecule has 0 N–H and O–H groups in total. The maximum Gasteiger partial charge on any atom is 0.176 e. The van der Waals surface area contributed by atoms with Gasteiger partial charge in [0.1, 0.15) is 44.7 Å². The van der Waals surface area contributed by atoms with Crippen molar-refractivity contribution in [2.75, 3.05) is 0 Å². The SMILES string of the molecule is c1ccc(-c2cc(-c3ccccc3)c3oc4ccc(-c5ccc6c(c5)-c5ccccc5C6(c5ccccc5)c5ccc6oc7ccccc7c6c5)cc4c3c2)cc1.c1ccc(-c2ccc3oc4ccc(-c5ccc6c(c5)-c5cc(-c7cccc(-c8ccc9oc%10ccccc%10c9c8)n7)ccc5C6(n5c6ccccc6c6ccccc65)n5c6ccccc6c6ccccc65)cc4c3c2)cc1. The second-order valence-corrected chi connectivity index (χ2v) is 35.7. The van der Waals surface area contributed by atoms with Crippen molar-refractivity contribution in [3.05, 3.63) is 500 Å². The fraction of sp³-hybridized carbons (Fsp3) is 0.0157. The van der Waals surface area contributed by atoms with Crippen molar-refractivity contribution in [2.45, 2.75) is 11.1 Å². The van der Waals surface area contributed by atoms with Gasteiger partial charge in [0.2, 0.25) is 0 Å². The lowest BCUT2D eigenvalue weighted by Crippen LogP contribution is -2.41. The number of rotatable bonds is 11. The third-order valence-corrected chi connectivity index (χ3v) is 28.7. The van der Waals surface area contributed by atoms with Crippen LogP contribution >= 0.6 is 0 Å². The van der Waals surface area contributed by atoms with Gasteiger partial charge < -0.3 is 26.8 Å². The van der Waals surface area contributed by atoms with E-state index in [1.54, 1.807) is 0 Å². The summed E-state index contributed by atoms with van der Waals surface area (Å²) in [4.78, 5) is 5.46. The van der Waals surface area contributed by atoms with E-state index in [9.17, 15) is 0 Å². The molecule has 29 rings (SSSR count). The fourth-order valence-corrected chi connectivity index (χ4v) is 22.7. The van der Waals surface area contributed by atoms with E-state index in [1.165, 1.54) is 93.9 Å². The second kappa shape index (κ2) is 29.4. The summed E-state index contributed by atoms with van der Waals surface area (Å²) >= 11 is 0. The number of fused-ring (bicyclic) bond motifs is 24. The molecule has 0 spiro atoms. The Morgan fingerprint density at radius 1 is 0.172 bits per heavy atom. The van der Waals surface area contributed by atoms with Gasteiger partial charge in [-0.3, -0.25) is 0 Å². The quantitative estimate of drug-likeness (QED) is 0.129. The summed E-state index contributed by atoms with van der Waals surface area (Å²) in [5.41, 5.74) is 37.9. The van der Waals surface area contributed by atoms with Crippen LogP contribution in [0.25, 0.3) is 232 Å². The molecule has 134 heavy (non-hydrogen) atoms. The Morgan fingerprint density at radius 2 is 0.500 bits per heavy atom. The fourth-order valence-electron chi connectivity index (χ4n) is 22.7. The predicted octanol–water partition coefficient (Wildman–Crippen LogP) is 33.9. The highest BCUT2D eigenvalue weighted by atomic mass is 16.3. The van der Waals surface area contributed by atoms with Crippen LogP contribution in [0.4, 0.5) is 0 Å². The number of pyridine rings is 1. The molecular weight excluding hydrogens is 1630 g/mol. The first kappa shape index (κ1) is 75.3. The summed E-state index contributed by atoms with van der Waals surface area (Å²) in [5, 5.41) is 13.7. The van der Waals surface area contributed by atoms with Crippen LogP contribution in [0, 0.1) is 0 Å². The molecule has 0 bridgehead atoms. The van der Waals surface area contributed by atoms with Crippen molar-refractivity contribution in [2.24, 2.45) is 0 Å². The van der Waals surface area contributed by atoms with Crippen LogP contribution in [0.15, 0.2) is 485 Å². The van der Waals surface area contributed by atoms with Crippen molar-refractivity contribution in [3.63, 3.8) is 0 Å². The number of nitrogens with zero attached hydrogens (tertiary/aromatic N) is 3. The van der Waals surface area contributed by atoms with E-state index < -0.39 is 11.1 Å². The van der Waals surface area contributed by atoms with E-state index in [4.69, 9.17) is 22.7 Å². The van der Waals surface area contributed by atoms with Gasteiger partial charge in [0.15, 0.2) is 5.66 Å². The average Bonchev–Trinajstić information content (AvgIpc) is 1.50. The second-order valence-electron chi connectivity index (χ2n) is 35.7. The maximum absolute atomic E-state index is 6.71. The zero-order valence-corrected chi connectivity index (χ0v) is 72.4. The highest BCUT2D eigenvalue weighted by Gasteiger charge is 2.51. The molecule has 0 amide bonds. The molecule has 7 heteroatoms. The zero-order chi connectivity index (χ0) is 87.9. The summed E-state index contributed by atoms with van der Waals surface area (Å²) in [6.45, 7) is 0.